The summed E-state index contributed by atoms with van der Waals surface area (Å²) < 4.78 is 24.0. The largest absolute Gasteiger partial charge is 0.354 e. The number of aromatic nitrogens is 2. The van der Waals surface area contributed by atoms with E-state index in [4.69, 9.17) is 0 Å². The molecule has 2 rings (SSSR count). The summed E-state index contributed by atoms with van der Waals surface area (Å²) in [7, 11) is -2.92. The van der Waals surface area contributed by atoms with Crippen molar-refractivity contribution in [2.75, 3.05) is 34.8 Å². The van der Waals surface area contributed by atoms with Crippen LogP contribution < -0.4 is 10.2 Å². The normalized spacial score (nSPS) is 22.3. The van der Waals surface area contributed by atoms with E-state index < -0.39 is 9.84 Å². The van der Waals surface area contributed by atoms with E-state index in [2.05, 4.69) is 31.2 Å². The Balaban J connectivity index is 2.28. The summed E-state index contributed by atoms with van der Waals surface area (Å²) >= 11 is 3.43. The lowest BCUT2D eigenvalue weighted by Crippen LogP contribution is -2.47. The second kappa shape index (κ2) is 5.62. The molecule has 0 aliphatic carbocycles. The molecule has 1 aliphatic rings. The van der Waals surface area contributed by atoms with Gasteiger partial charge >= 0.3 is 0 Å². The van der Waals surface area contributed by atoms with Gasteiger partial charge in [0.2, 0.25) is 5.95 Å². The zero-order chi connectivity index (χ0) is 14.0. The van der Waals surface area contributed by atoms with E-state index in [0.29, 0.717) is 12.5 Å². The van der Waals surface area contributed by atoms with E-state index in [1.54, 1.807) is 6.20 Å². The predicted molar refractivity (Wildman–Crippen MR) is 79.4 cm³/mol. The van der Waals surface area contributed by atoms with Crippen LogP contribution in [0.5, 0.6) is 0 Å². The SMILES string of the molecule is CCNc1ncc(Br)c(N2CCS(=O)(=O)CC2C)n1. The van der Waals surface area contributed by atoms with Crippen LogP contribution in [0.4, 0.5) is 11.8 Å². The highest BCUT2D eigenvalue weighted by molar-refractivity contribution is 9.10. The molecule has 0 radical (unpaired) electrons. The Kier molecular flexibility index (Phi) is 4.29. The minimum absolute atomic E-state index is 0.0839. The molecule has 1 fully saturated rings. The standard InChI is InChI=1S/C11H17BrN4O2S/c1-3-13-11-14-6-9(12)10(15-11)16-4-5-19(17,18)7-8(16)2/h6,8H,3-5,7H2,1-2H3,(H,13,14,15). The summed E-state index contributed by atoms with van der Waals surface area (Å²) in [6.45, 7) is 5.08. The van der Waals surface area contributed by atoms with Crippen LogP contribution in [0.2, 0.25) is 0 Å². The quantitative estimate of drug-likeness (QED) is 0.887. The molecule has 1 aromatic heterocycles. The van der Waals surface area contributed by atoms with Gasteiger partial charge in [-0.2, -0.15) is 4.98 Å². The Morgan fingerprint density at radius 2 is 2.32 bits per heavy atom. The zero-order valence-corrected chi connectivity index (χ0v) is 13.3. The third kappa shape index (κ3) is 3.36. The second-order valence-electron chi connectivity index (χ2n) is 4.55. The van der Waals surface area contributed by atoms with Crippen molar-refractivity contribution in [3.05, 3.63) is 10.7 Å². The van der Waals surface area contributed by atoms with E-state index in [-0.39, 0.29) is 17.5 Å². The van der Waals surface area contributed by atoms with Crippen LogP contribution in [0.1, 0.15) is 13.8 Å². The summed E-state index contributed by atoms with van der Waals surface area (Å²) in [5.41, 5.74) is 0. The van der Waals surface area contributed by atoms with Crippen LogP contribution in [-0.4, -0.2) is 49.0 Å². The van der Waals surface area contributed by atoms with Crippen molar-refractivity contribution < 1.29 is 8.42 Å². The second-order valence-corrected chi connectivity index (χ2v) is 7.64. The molecule has 1 saturated heterocycles. The molecular weight excluding hydrogens is 332 g/mol. The number of anilines is 2. The first-order chi connectivity index (χ1) is 8.93. The lowest BCUT2D eigenvalue weighted by atomic mass is 10.3. The fraction of sp³-hybridized carbons (Fsp3) is 0.636. The van der Waals surface area contributed by atoms with Gasteiger partial charge in [0.05, 0.1) is 16.0 Å². The summed E-state index contributed by atoms with van der Waals surface area (Å²) in [5.74, 6) is 1.64. The van der Waals surface area contributed by atoms with Crippen molar-refractivity contribution in [1.82, 2.24) is 9.97 Å². The molecule has 1 N–H and O–H groups in total. The van der Waals surface area contributed by atoms with Crippen molar-refractivity contribution in [2.45, 2.75) is 19.9 Å². The minimum Gasteiger partial charge on any atom is -0.354 e. The van der Waals surface area contributed by atoms with Gasteiger partial charge in [-0.25, -0.2) is 13.4 Å². The van der Waals surface area contributed by atoms with Crippen LogP contribution in [0.3, 0.4) is 0 Å². The lowest BCUT2D eigenvalue weighted by molar-refractivity contribution is 0.566. The van der Waals surface area contributed by atoms with Crippen molar-refractivity contribution >= 4 is 37.5 Å². The topological polar surface area (TPSA) is 75.2 Å². The smallest absolute Gasteiger partial charge is 0.224 e. The van der Waals surface area contributed by atoms with Gasteiger partial charge in [-0.1, -0.05) is 0 Å². The molecule has 1 atom stereocenters. The predicted octanol–water partition coefficient (Wildman–Crippen LogP) is 1.29. The average Bonchev–Trinajstić information content (AvgIpc) is 2.31. The summed E-state index contributed by atoms with van der Waals surface area (Å²) in [4.78, 5) is 10.6. The van der Waals surface area contributed by atoms with Gasteiger partial charge < -0.3 is 10.2 Å². The Hall–Kier alpha value is -0.890. The van der Waals surface area contributed by atoms with Gasteiger partial charge in [-0.05, 0) is 29.8 Å². The first kappa shape index (κ1) is 14.5. The molecule has 0 aromatic carbocycles. The molecule has 1 aromatic rings. The molecule has 1 unspecified atom stereocenters. The highest BCUT2D eigenvalue weighted by atomic mass is 79.9. The average molecular weight is 349 g/mol. The number of sulfone groups is 1. The van der Waals surface area contributed by atoms with Crippen molar-refractivity contribution in [2.24, 2.45) is 0 Å². The van der Waals surface area contributed by atoms with Crippen LogP contribution >= 0.6 is 15.9 Å². The van der Waals surface area contributed by atoms with Crippen LogP contribution in [0.15, 0.2) is 10.7 Å². The number of nitrogens with one attached hydrogen (secondary N) is 1. The molecule has 106 valence electrons. The first-order valence-corrected chi connectivity index (χ1v) is 8.78. The van der Waals surface area contributed by atoms with Crippen LogP contribution in [0.25, 0.3) is 0 Å². The maximum Gasteiger partial charge on any atom is 0.224 e. The van der Waals surface area contributed by atoms with E-state index in [1.165, 1.54) is 0 Å². The lowest BCUT2D eigenvalue weighted by Gasteiger charge is -2.34. The molecule has 1 aliphatic heterocycles. The van der Waals surface area contributed by atoms with E-state index in [0.717, 1.165) is 16.8 Å². The van der Waals surface area contributed by atoms with Gasteiger partial charge in [0.25, 0.3) is 0 Å². The number of hydrogen-bond donors (Lipinski definition) is 1. The highest BCUT2D eigenvalue weighted by Gasteiger charge is 2.30. The van der Waals surface area contributed by atoms with E-state index >= 15 is 0 Å². The Bertz CT molecular complexity index is 564. The summed E-state index contributed by atoms with van der Waals surface area (Å²) in [6.07, 6.45) is 1.69. The molecule has 6 nitrogen and oxygen atoms in total. The maximum absolute atomic E-state index is 11.6. The minimum atomic E-state index is -2.92. The molecule has 0 saturated carbocycles. The number of hydrogen-bond acceptors (Lipinski definition) is 6. The maximum atomic E-state index is 11.6. The molecule has 8 heteroatoms. The molecule has 19 heavy (non-hydrogen) atoms. The summed E-state index contributed by atoms with van der Waals surface area (Å²) in [6, 6.07) is -0.0839. The van der Waals surface area contributed by atoms with Crippen LogP contribution in [-0.2, 0) is 9.84 Å². The Morgan fingerprint density at radius 3 is 2.95 bits per heavy atom. The molecule has 0 spiro atoms. The number of rotatable bonds is 3. The third-order valence-corrected chi connectivity index (χ3v) is 5.36. The van der Waals surface area contributed by atoms with Crippen molar-refractivity contribution in [3.8, 4) is 0 Å². The molecule has 0 amide bonds. The summed E-state index contributed by atoms with van der Waals surface area (Å²) in [5, 5.41) is 3.06. The van der Waals surface area contributed by atoms with Gasteiger partial charge in [-0.15, -0.1) is 0 Å². The van der Waals surface area contributed by atoms with Crippen molar-refractivity contribution in [3.63, 3.8) is 0 Å². The van der Waals surface area contributed by atoms with Gasteiger partial charge in [0.1, 0.15) is 5.82 Å². The molecule has 0 bridgehead atoms. The zero-order valence-electron chi connectivity index (χ0n) is 10.9. The first-order valence-electron chi connectivity index (χ1n) is 6.16. The van der Waals surface area contributed by atoms with Gasteiger partial charge in [-0.3, -0.25) is 0 Å². The Morgan fingerprint density at radius 1 is 1.58 bits per heavy atom. The van der Waals surface area contributed by atoms with Gasteiger partial charge in [0.15, 0.2) is 9.84 Å². The van der Waals surface area contributed by atoms with Gasteiger partial charge in [0, 0.05) is 25.3 Å². The van der Waals surface area contributed by atoms with Crippen LogP contribution in [0, 0.1) is 0 Å². The fourth-order valence-electron chi connectivity index (χ4n) is 2.12. The van der Waals surface area contributed by atoms with E-state index in [1.807, 2.05) is 18.7 Å². The Labute approximate surface area is 121 Å². The van der Waals surface area contributed by atoms with Crippen molar-refractivity contribution in [1.29, 1.82) is 0 Å². The van der Waals surface area contributed by atoms with E-state index in [9.17, 15) is 8.42 Å². The molecule has 2 heterocycles. The fourth-order valence-corrected chi connectivity index (χ4v) is 4.09. The third-order valence-electron chi connectivity index (χ3n) is 3.00. The number of nitrogens with zero attached hydrogens (tertiary/aromatic N) is 3. The number of halogens is 1. The molecular formula is C11H17BrN4O2S. The highest BCUT2D eigenvalue weighted by Crippen LogP contribution is 2.28. The monoisotopic (exact) mass is 348 g/mol.